The fraction of sp³-hybridized carbons (Fsp3) is 0.333. The molecule has 0 aliphatic carbocycles. The van der Waals surface area contributed by atoms with Gasteiger partial charge in [0, 0.05) is 29.0 Å². The quantitative estimate of drug-likeness (QED) is 0.444. The van der Waals surface area contributed by atoms with E-state index in [1.54, 1.807) is 0 Å². The summed E-state index contributed by atoms with van der Waals surface area (Å²) in [4.78, 5) is 24.3. The Morgan fingerprint density at radius 2 is 2.12 bits per heavy atom. The summed E-state index contributed by atoms with van der Waals surface area (Å²) < 4.78 is 61.8. The van der Waals surface area contributed by atoms with Crippen molar-refractivity contribution in [3.05, 3.63) is 47.4 Å². The number of rotatable bonds is 8. The van der Waals surface area contributed by atoms with E-state index in [1.807, 2.05) is 0 Å². The van der Waals surface area contributed by atoms with Gasteiger partial charge in [-0.2, -0.15) is 0 Å². The topological polar surface area (TPSA) is 102 Å². The molecule has 0 spiro atoms. The first-order valence-electron chi connectivity index (χ1n) is 9.63. The zero-order valence-electron chi connectivity index (χ0n) is 17.2. The Labute approximate surface area is 191 Å². The molecular weight excluding hydrogens is 462 g/mol. The highest BCUT2D eigenvalue weighted by Crippen LogP contribution is 2.44. The van der Waals surface area contributed by atoms with Gasteiger partial charge in [-0.15, -0.1) is 6.42 Å². The van der Waals surface area contributed by atoms with Gasteiger partial charge in [-0.25, -0.2) is 28.1 Å². The maximum atomic E-state index is 14.8. The van der Waals surface area contributed by atoms with Crippen molar-refractivity contribution in [2.45, 2.75) is 12.0 Å². The molecule has 1 aromatic carbocycles. The molecular formula is C21H19F4N5O2S. The standard InChI is InChI=1S/C21H19F4N5O2S/c1-2-5-32-17-9-27-16(8-28-17)19(31)29-13-6-14(18(25)15(24)7-13)21(11-23)12(3-4-22)10-33-20(26)30-21/h1,6-9,12H,3-5,10-11H2,(H2,26,30)(H,29,31)/t12-,21+/m1/s1. The van der Waals surface area contributed by atoms with Crippen LogP contribution < -0.4 is 15.8 Å². The van der Waals surface area contributed by atoms with Gasteiger partial charge in [0.25, 0.3) is 5.91 Å². The second-order valence-electron chi connectivity index (χ2n) is 7.00. The summed E-state index contributed by atoms with van der Waals surface area (Å²) in [5.41, 5.74) is 3.01. The molecule has 0 radical (unpaired) electrons. The van der Waals surface area contributed by atoms with E-state index in [9.17, 15) is 22.4 Å². The SMILES string of the molecule is C#CCOc1cnc(C(=O)Nc2cc(F)c(F)c([C@@]3(CF)N=C(N)SC[C@H]3CCF)c2)cn1. The Morgan fingerprint density at radius 3 is 2.76 bits per heavy atom. The Hall–Kier alpha value is -3.33. The lowest BCUT2D eigenvalue weighted by Gasteiger charge is -2.39. The first-order valence-corrected chi connectivity index (χ1v) is 10.6. The number of nitrogens with one attached hydrogen (secondary N) is 1. The number of ether oxygens (including phenoxy) is 1. The van der Waals surface area contributed by atoms with Crippen molar-refractivity contribution < 1.29 is 27.1 Å². The van der Waals surface area contributed by atoms with Crippen LogP contribution >= 0.6 is 11.8 Å². The number of alkyl halides is 2. The minimum absolute atomic E-state index is 0.0283. The summed E-state index contributed by atoms with van der Waals surface area (Å²) in [6.45, 7) is -2.08. The molecule has 0 saturated carbocycles. The van der Waals surface area contributed by atoms with Crippen LogP contribution in [0.15, 0.2) is 29.5 Å². The number of aromatic nitrogens is 2. The maximum absolute atomic E-state index is 14.8. The normalized spacial score (nSPS) is 20.0. The molecule has 1 aliphatic heterocycles. The summed E-state index contributed by atoms with van der Waals surface area (Å²) in [6.07, 6.45) is 7.22. The maximum Gasteiger partial charge on any atom is 0.275 e. The number of benzene rings is 1. The lowest BCUT2D eigenvalue weighted by atomic mass is 9.78. The molecule has 1 amide bonds. The second-order valence-corrected chi connectivity index (χ2v) is 8.04. The van der Waals surface area contributed by atoms with E-state index in [0.717, 1.165) is 30.1 Å². The monoisotopic (exact) mass is 481 g/mol. The number of carbonyl (C=O) groups is 1. The summed E-state index contributed by atoms with van der Waals surface area (Å²) in [5, 5.41) is 2.34. The van der Waals surface area contributed by atoms with Gasteiger partial charge in [0.2, 0.25) is 5.88 Å². The van der Waals surface area contributed by atoms with E-state index in [2.05, 4.69) is 26.2 Å². The number of terminal acetylenes is 1. The third kappa shape index (κ3) is 5.19. The predicted octanol–water partition coefficient (Wildman–Crippen LogP) is 3.22. The van der Waals surface area contributed by atoms with Crippen molar-refractivity contribution in [1.82, 2.24) is 9.97 Å². The van der Waals surface area contributed by atoms with Gasteiger partial charge in [0.15, 0.2) is 23.4 Å². The van der Waals surface area contributed by atoms with Gasteiger partial charge >= 0.3 is 0 Å². The number of halogens is 4. The molecule has 2 atom stereocenters. The van der Waals surface area contributed by atoms with Crippen molar-refractivity contribution >= 4 is 28.5 Å². The highest BCUT2D eigenvalue weighted by atomic mass is 32.2. The Kier molecular flexibility index (Phi) is 7.75. The van der Waals surface area contributed by atoms with Crippen LogP contribution in [0.3, 0.4) is 0 Å². The molecule has 1 aromatic heterocycles. The molecule has 1 aliphatic rings. The Bertz CT molecular complexity index is 1090. The van der Waals surface area contributed by atoms with Crippen molar-refractivity contribution in [2.75, 3.05) is 31.0 Å². The van der Waals surface area contributed by atoms with Gasteiger partial charge in [-0.05, 0) is 12.5 Å². The second kappa shape index (κ2) is 10.5. The highest BCUT2D eigenvalue weighted by Gasteiger charge is 2.46. The average Bonchev–Trinajstić information content (AvgIpc) is 2.81. The fourth-order valence-electron chi connectivity index (χ4n) is 3.38. The van der Waals surface area contributed by atoms with Gasteiger partial charge < -0.3 is 15.8 Å². The number of hydrogen-bond acceptors (Lipinski definition) is 7. The first-order chi connectivity index (χ1) is 15.8. The fourth-order valence-corrected chi connectivity index (χ4v) is 4.43. The number of carbonyl (C=O) groups excluding carboxylic acids is 1. The van der Waals surface area contributed by atoms with Crippen molar-refractivity contribution in [3.8, 4) is 18.2 Å². The van der Waals surface area contributed by atoms with Gasteiger partial charge in [0.05, 0.1) is 19.1 Å². The zero-order valence-corrected chi connectivity index (χ0v) is 18.0. The van der Waals surface area contributed by atoms with E-state index in [-0.39, 0.29) is 41.2 Å². The average molecular weight is 481 g/mol. The molecule has 3 N–H and O–H groups in total. The van der Waals surface area contributed by atoms with Crippen LogP contribution in [0.2, 0.25) is 0 Å². The van der Waals surface area contributed by atoms with Crippen LogP contribution in [0.5, 0.6) is 5.88 Å². The van der Waals surface area contributed by atoms with Crippen LogP contribution in [0.1, 0.15) is 22.5 Å². The molecule has 12 heteroatoms. The van der Waals surface area contributed by atoms with E-state index in [0.29, 0.717) is 0 Å². The molecule has 0 fully saturated rings. The number of amidine groups is 1. The van der Waals surface area contributed by atoms with Crippen LogP contribution in [-0.4, -0.2) is 46.8 Å². The smallest absolute Gasteiger partial charge is 0.275 e. The van der Waals surface area contributed by atoms with E-state index < -0.39 is 47.9 Å². The highest BCUT2D eigenvalue weighted by molar-refractivity contribution is 8.13. The van der Waals surface area contributed by atoms with Crippen molar-refractivity contribution in [2.24, 2.45) is 16.6 Å². The molecule has 174 valence electrons. The van der Waals surface area contributed by atoms with Crippen LogP contribution in [0.4, 0.5) is 23.2 Å². The lowest BCUT2D eigenvalue weighted by molar-refractivity contribution is 0.102. The third-order valence-corrected chi connectivity index (χ3v) is 5.95. The Morgan fingerprint density at radius 1 is 1.33 bits per heavy atom. The molecule has 0 bridgehead atoms. The molecule has 7 nitrogen and oxygen atoms in total. The lowest BCUT2D eigenvalue weighted by Crippen LogP contribution is -2.43. The number of amides is 1. The summed E-state index contributed by atoms with van der Waals surface area (Å²) in [5.74, 6) is -1.76. The minimum Gasteiger partial charge on any atom is -0.463 e. The van der Waals surface area contributed by atoms with E-state index in [1.165, 1.54) is 6.20 Å². The Balaban J connectivity index is 1.94. The minimum atomic E-state index is -1.93. The molecule has 0 unspecified atom stereocenters. The number of nitrogens with two attached hydrogens (primary N) is 1. The first kappa shape index (κ1) is 24.3. The van der Waals surface area contributed by atoms with Crippen molar-refractivity contribution in [3.63, 3.8) is 0 Å². The summed E-state index contributed by atoms with van der Waals surface area (Å²) >= 11 is 1.08. The van der Waals surface area contributed by atoms with E-state index >= 15 is 0 Å². The molecule has 2 aromatic rings. The number of hydrogen-bond donors (Lipinski definition) is 2. The number of thioether (sulfide) groups is 1. The largest absolute Gasteiger partial charge is 0.463 e. The molecule has 3 rings (SSSR count). The summed E-state index contributed by atoms with van der Waals surface area (Å²) in [6, 6.07) is 1.79. The molecule has 0 saturated heterocycles. The van der Waals surface area contributed by atoms with Crippen LogP contribution in [-0.2, 0) is 5.54 Å². The van der Waals surface area contributed by atoms with Gasteiger partial charge in [-0.3, -0.25) is 9.18 Å². The predicted molar refractivity (Wildman–Crippen MR) is 116 cm³/mol. The van der Waals surface area contributed by atoms with Gasteiger partial charge in [0.1, 0.15) is 17.9 Å². The van der Waals surface area contributed by atoms with E-state index in [4.69, 9.17) is 16.9 Å². The third-order valence-electron chi connectivity index (χ3n) is 5.00. The summed E-state index contributed by atoms with van der Waals surface area (Å²) in [7, 11) is 0. The molecule has 33 heavy (non-hydrogen) atoms. The van der Waals surface area contributed by atoms with Gasteiger partial charge in [-0.1, -0.05) is 17.7 Å². The molecule has 2 heterocycles. The number of aliphatic imine (C=N–C) groups is 1. The van der Waals surface area contributed by atoms with Crippen LogP contribution in [0, 0.1) is 29.9 Å². The number of anilines is 1. The van der Waals surface area contributed by atoms with Crippen LogP contribution in [0.25, 0.3) is 0 Å². The number of nitrogens with zero attached hydrogens (tertiary/aromatic N) is 3. The van der Waals surface area contributed by atoms with Crippen molar-refractivity contribution in [1.29, 1.82) is 0 Å². The zero-order chi connectivity index (χ0) is 24.0.